The van der Waals surface area contributed by atoms with E-state index in [1.165, 1.54) is 18.4 Å². The van der Waals surface area contributed by atoms with Gasteiger partial charge in [-0.2, -0.15) is 0 Å². The van der Waals surface area contributed by atoms with Crippen LogP contribution in [0.15, 0.2) is 48.7 Å². The Morgan fingerprint density at radius 2 is 1.90 bits per heavy atom. The summed E-state index contributed by atoms with van der Waals surface area (Å²) >= 11 is 0. The van der Waals surface area contributed by atoms with Gasteiger partial charge in [-0.25, -0.2) is 0 Å². The van der Waals surface area contributed by atoms with Gasteiger partial charge in [0.25, 0.3) is 0 Å². The molecular formula is C18H22N2O. The van der Waals surface area contributed by atoms with E-state index >= 15 is 0 Å². The molecule has 0 spiro atoms. The molecule has 1 aromatic carbocycles. The van der Waals surface area contributed by atoms with E-state index in [9.17, 15) is 0 Å². The number of nitrogens with zero attached hydrogens (tertiary/aromatic N) is 1. The number of benzene rings is 1. The van der Waals surface area contributed by atoms with Crippen LogP contribution in [0, 0.1) is 5.92 Å². The van der Waals surface area contributed by atoms with E-state index in [2.05, 4.69) is 35.4 Å². The average molecular weight is 282 g/mol. The van der Waals surface area contributed by atoms with Crippen LogP contribution in [-0.2, 0) is 0 Å². The van der Waals surface area contributed by atoms with Crippen LogP contribution < -0.4 is 10.1 Å². The van der Waals surface area contributed by atoms with Crippen molar-refractivity contribution in [3.63, 3.8) is 0 Å². The summed E-state index contributed by atoms with van der Waals surface area (Å²) in [6.45, 7) is 2.18. The van der Waals surface area contributed by atoms with E-state index < -0.39 is 0 Å². The maximum absolute atomic E-state index is 5.25. The van der Waals surface area contributed by atoms with E-state index in [-0.39, 0.29) is 6.04 Å². The van der Waals surface area contributed by atoms with Crippen LogP contribution in [0.1, 0.15) is 43.1 Å². The lowest BCUT2D eigenvalue weighted by Gasteiger charge is -2.23. The van der Waals surface area contributed by atoms with Crippen LogP contribution in [-0.4, -0.2) is 12.1 Å². The highest BCUT2D eigenvalue weighted by Gasteiger charge is 2.33. The molecule has 1 aliphatic rings. The molecule has 0 aliphatic heterocycles. The summed E-state index contributed by atoms with van der Waals surface area (Å²) in [7, 11) is 1.70. The van der Waals surface area contributed by atoms with Gasteiger partial charge in [0.2, 0.25) is 0 Å². The Morgan fingerprint density at radius 1 is 1.14 bits per heavy atom. The van der Waals surface area contributed by atoms with Gasteiger partial charge in [-0.15, -0.1) is 0 Å². The summed E-state index contributed by atoms with van der Waals surface area (Å²) in [4.78, 5) is 4.45. The Morgan fingerprint density at radius 3 is 2.48 bits per heavy atom. The van der Waals surface area contributed by atoms with Gasteiger partial charge in [-0.05, 0) is 55.5 Å². The molecule has 1 N–H and O–H groups in total. The summed E-state index contributed by atoms with van der Waals surface area (Å²) in [5, 5.41) is 3.75. The molecular weight excluding hydrogens is 260 g/mol. The highest BCUT2D eigenvalue weighted by atomic mass is 16.5. The zero-order valence-electron chi connectivity index (χ0n) is 12.6. The molecule has 3 rings (SSSR count). The maximum Gasteiger partial charge on any atom is 0.118 e. The van der Waals surface area contributed by atoms with E-state index in [0.29, 0.717) is 6.04 Å². The number of rotatable bonds is 6. The zero-order valence-corrected chi connectivity index (χ0v) is 12.6. The first kappa shape index (κ1) is 14.1. The molecule has 1 saturated carbocycles. The van der Waals surface area contributed by atoms with Gasteiger partial charge >= 0.3 is 0 Å². The summed E-state index contributed by atoms with van der Waals surface area (Å²) < 4.78 is 5.25. The van der Waals surface area contributed by atoms with Crippen LogP contribution in [0.2, 0.25) is 0 Å². The second-order valence-electron chi connectivity index (χ2n) is 5.73. The smallest absolute Gasteiger partial charge is 0.118 e. The van der Waals surface area contributed by atoms with Crippen LogP contribution in [0.4, 0.5) is 0 Å². The predicted molar refractivity (Wildman–Crippen MR) is 84.2 cm³/mol. The maximum atomic E-state index is 5.25. The van der Waals surface area contributed by atoms with Gasteiger partial charge < -0.3 is 10.1 Å². The number of aromatic nitrogens is 1. The lowest BCUT2D eigenvalue weighted by atomic mass is 10.0. The van der Waals surface area contributed by atoms with Gasteiger partial charge in [0.1, 0.15) is 5.75 Å². The fraction of sp³-hybridized carbons (Fsp3) is 0.389. The molecule has 3 heteroatoms. The number of pyridine rings is 1. The summed E-state index contributed by atoms with van der Waals surface area (Å²) in [5.41, 5.74) is 2.43. The summed E-state index contributed by atoms with van der Waals surface area (Å²) in [6, 6.07) is 15.1. The fourth-order valence-electron chi connectivity index (χ4n) is 2.73. The Labute approximate surface area is 126 Å². The third-order valence-electron chi connectivity index (χ3n) is 4.13. The van der Waals surface area contributed by atoms with Gasteiger partial charge in [-0.3, -0.25) is 4.98 Å². The van der Waals surface area contributed by atoms with Crippen molar-refractivity contribution in [3.05, 3.63) is 59.9 Å². The summed E-state index contributed by atoms with van der Waals surface area (Å²) in [5.74, 6) is 1.65. The van der Waals surface area contributed by atoms with Crippen molar-refractivity contribution in [2.24, 2.45) is 5.92 Å². The zero-order chi connectivity index (χ0) is 14.7. The largest absolute Gasteiger partial charge is 0.497 e. The molecule has 2 aromatic rings. The van der Waals surface area contributed by atoms with Gasteiger partial charge in [0, 0.05) is 18.3 Å². The van der Waals surface area contributed by atoms with Crippen molar-refractivity contribution in [1.82, 2.24) is 10.3 Å². The van der Waals surface area contributed by atoms with Crippen molar-refractivity contribution in [2.75, 3.05) is 7.11 Å². The van der Waals surface area contributed by atoms with Crippen LogP contribution in [0.25, 0.3) is 0 Å². The summed E-state index contributed by atoms with van der Waals surface area (Å²) in [6.07, 6.45) is 4.46. The lowest BCUT2D eigenvalue weighted by Crippen LogP contribution is -2.26. The highest BCUT2D eigenvalue weighted by Crippen LogP contribution is 2.42. The van der Waals surface area contributed by atoms with Crippen LogP contribution >= 0.6 is 0 Å². The molecule has 1 aliphatic carbocycles. The molecule has 1 heterocycles. The molecule has 2 atom stereocenters. The molecule has 2 unspecified atom stereocenters. The van der Waals surface area contributed by atoms with Gasteiger partial charge in [0.05, 0.1) is 12.8 Å². The molecule has 1 fully saturated rings. The Bertz CT molecular complexity index is 564. The van der Waals surface area contributed by atoms with Crippen LogP contribution in [0.5, 0.6) is 5.75 Å². The van der Waals surface area contributed by atoms with Crippen molar-refractivity contribution < 1.29 is 4.74 Å². The SMILES string of the molecule is COc1ccc(C(NC(C)c2ccccn2)C2CC2)cc1. The van der Waals surface area contributed by atoms with Crippen molar-refractivity contribution in [3.8, 4) is 5.75 Å². The van der Waals surface area contributed by atoms with E-state index in [0.717, 1.165) is 17.4 Å². The average Bonchev–Trinajstić information content (AvgIpc) is 3.38. The molecule has 0 amide bonds. The first-order valence-electron chi connectivity index (χ1n) is 7.59. The van der Waals surface area contributed by atoms with E-state index in [1.54, 1.807) is 7.11 Å². The standard InChI is InChI=1S/C18H22N2O/c1-13(17-5-3-4-12-19-17)20-18(14-6-7-14)15-8-10-16(21-2)11-9-15/h3-5,8-14,18,20H,6-7H2,1-2H3. The Balaban J connectivity index is 1.75. The second-order valence-corrected chi connectivity index (χ2v) is 5.73. The molecule has 0 saturated heterocycles. The van der Waals surface area contributed by atoms with Crippen molar-refractivity contribution in [2.45, 2.75) is 31.8 Å². The number of hydrogen-bond acceptors (Lipinski definition) is 3. The number of methoxy groups -OCH3 is 1. The second kappa shape index (κ2) is 6.27. The third kappa shape index (κ3) is 3.42. The predicted octanol–water partition coefficient (Wildman–Crippen LogP) is 3.89. The highest BCUT2D eigenvalue weighted by molar-refractivity contribution is 5.30. The minimum absolute atomic E-state index is 0.249. The van der Waals surface area contributed by atoms with E-state index in [1.807, 2.05) is 30.5 Å². The molecule has 0 radical (unpaired) electrons. The van der Waals surface area contributed by atoms with Crippen LogP contribution in [0.3, 0.4) is 0 Å². The monoisotopic (exact) mass is 282 g/mol. The van der Waals surface area contributed by atoms with Gasteiger partial charge in [0.15, 0.2) is 0 Å². The van der Waals surface area contributed by atoms with Gasteiger partial charge in [-0.1, -0.05) is 18.2 Å². The molecule has 110 valence electrons. The third-order valence-corrected chi connectivity index (χ3v) is 4.13. The first-order valence-corrected chi connectivity index (χ1v) is 7.59. The normalized spacial score (nSPS) is 17.2. The van der Waals surface area contributed by atoms with Crippen molar-refractivity contribution >= 4 is 0 Å². The molecule has 1 aromatic heterocycles. The first-order chi connectivity index (χ1) is 10.3. The molecule has 21 heavy (non-hydrogen) atoms. The minimum Gasteiger partial charge on any atom is -0.497 e. The van der Waals surface area contributed by atoms with Crippen molar-refractivity contribution in [1.29, 1.82) is 0 Å². The topological polar surface area (TPSA) is 34.1 Å². The Hall–Kier alpha value is -1.87. The number of nitrogens with one attached hydrogen (secondary N) is 1. The molecule has 0 bridgehead atoms. The quantitative estimate of drug-likeness (QED) is 0.872. The Kier molecular flexibility index (Phi) is 4.20. The number of ether oxygens (including phenoxy) is 1. The minimum atomic E-state index is 0.249. The number of hydrogen-bond donors (Lipinski definition) is 1. The lowest BCUT2D eigenvalue weighted by molar-refractivity contribution is 0.410. The van der Waals surface area contributed by atoms with E-state index in [4.69, 9.17) is 4.74 Å². The molecule has 3 nitrogen and oxygen atoms in total. The fourth-order valence-corrected chi connectivity index (χ4v) is 2.73.